The molecule has 0 aliphatic heterocycles. The molecule has 8 heteroatoms. The van der Waals surface area contributed by atoms with Crippen LogP contribution in [0.5, 0.6) is 0 Å². The van der Waals surface area contributed by atoms with Gasteiger partial charge in [-0.3, -0.25) is 4.31 Å². The van der Waals surface area contributed by atoms with Crippen LogP contribution in [0.1, 0.15) is 0 Å². The molecule has 2 aromatic rings. The summed E-state index contributed by atoms with van der Waals surface area (Å²) in [5, 5.41) is 2.75. The Hall–Kier alpha value is -1.67. The number of rotatable bonds is 4. The van der Waals surface area contributed by atoms with Gasteiger partial charge in [0.15, 0.2) is 0 Å². The van der Waals surface area contributed by atoms with Crippen molar-refractivity contribution in [3.63, 3.8) is 0 Å². The van der Waals surface area contributed by atoms with Crippen LogP contribution in [0.15, 0.2) is 45.9 Å². The predicted molar refractivity (Wildman–Crippen MR) is 83.5 cm³/mol. The van der Waals surface area contributed by atoms with E-state index < -0.39 is 15.8 Å². The van der Waals surface area contributed by atoms with Gasteiger partial charge in [0.1, 0.15) is 16.5 Å². The van der Waals surface area contributed by atoms with Crippen molar-refractivity contribution in [2.24, 2.45) is 0 Å². The first-order valence-corrected chi connectivity index (χ1v) is 8.17. The summed E-state index contributed by atoms with van der Waals surface area (Å²) in [6, 6.07) is 6.68. The third-order valence-electron chi connectivity index (χ3n) is 2.88. The molecule has 0 aliphatic carbocycles. The summed E-state index contributed by atoms with van der Waals surface area (Å²) >= 11 is 3.21. The maximum absolute atomic E-state index is 12.9. The van der Waals surface area contributed by atoms with Gasteiger partial charge in [-0.1, -0.05) is 0 Å². The highest BCUT2D eigenvalue weighted by atomic mass is 79.9. The van der Waals surface area contributed by atoms with E-state index >= 15 is 0 Å². The lowest BCUT2D eigenvalue weighted by Crippen LogP contribution is -2.27. The van der Waals surface area contributed by atoms with Crippen molar-refractivity contribution >= 4 is 37.5 Å². The summed E-state index contributed by atoms with van der Waals surface area (Å²) in [7, 11) is -0.818. The highest BCUT2D eigenvalue weighted by Crippen LogP contribution is 2.28. The standard InChI is InChI=1S/C13H13BrFN3O2S/c1-16-13-12(7-9(14)8-17-13)21(19,20)18(2)11-5-3-10(15)4-6-11/h3-8H,1-2H3,(H,16,17). The molecule has 0 atom stereocenters. The van der Waals surface area contributed by atoms with Crippen molar-refractivity contribution in [1.82, 2.24) is 4.98 Å². The molecule has 1 heterocycles. The third-order valence-corrected chi connectivity index (χ3v) is 5.12. The maximum atomic E-state index is 12.9. The second kappa shape index (κ2) is 5.98. The van der Waals surface area contributed by atoms with E-state index in [9.17, 15) is 12.8 Å². The molecule has 0 unspecified atom stereocenters. The maximum Gasteiger partial charge on any atom is 0.267 e. The second-order valence-corrected chi connectivity index (χ2v) is 7.05. The Bertz CT molecular complexity index is 751. The van der Waals surface area contributed by atoms with Crippen LogP contribution in [0, 0.1) is 5.82 Å². The van der Waals surface area contributed by atoms with Crippen LogP contribution in [0.25, 0.3) is 0 Å². The number of nitrogens with zero attached hydrogens (tertiary/aromatic N) is 2. The van der Waals surface area contributed by atoms with Crippen LogP contribution in [0.2, 0.25) is 0 Å². The van der Waals surface area contributed by atoms with E-state index in [4.69, 9.17) is 0 Å². The number of benzene rings is 1. The largest absolute Gasteiger partial charge is 0.372 e. The molecular weight excluding hydrogens is 361 g/mol. The average molecular weight is 374 g/mol. The molecule has 0 spiro atoms. The van der Waals surface area contributed by atoms with Gasteiger partial charge in [0.25, 0.3) is 10.0 Å². The number of anilines is 2. The molecular formula is C13H13BrFN3O2S. The Labute approximate surface area is 131 Å². The Morgan fingerprint density at radius 3 is 2.48 bits per heavy atom. The van der Waals surface area contributed by atoms with Crippen molar-refractivity contribution in [3.05, 3.63) is 46.8 Å². The lowest BCUT2D eigenvalue weighted by atomic mass is 10.3. The van der Waals surface area contributed by atoms with Gasteiger partial charge in [-0.25, -0.2) is 17.8 Å². The summed E-state index contributed by atoms with van der Waals surface area (Å²) < 4.78 is 39.9. The normalized spacial score (nSPS) is 11.2. The molecule has 1 N–H and O–H groups in total. The molecule has 0 saturated heterocycles. The molecule has 0 fully saturated rings. The highest BCUT2D eigenvalue weighted by molar-refractivity contribution is 9.10. The molecule has 0 radical (unpaired) electrons. The Kier molecular flexibility index (Phi) is 4.48. The van der Waals surface area contributed by atoms with E-state index in [2.05, 4.69) is 26.2 Å². The summed E-state index contributed by atoms with van der Waals surface area (Å²) in [6.45, 7) is 0. The average Bonchev–Trinajstić information content (AvgIpc) is 2.47. The van der Waals surface area contributed by atoms with Crippen molar-refractivity contribution in [2.75, 3.05) is 23.7 Å². The summed E-state index contributed by atoms with van der Waals surface area (Å²) in [6.07, 6.45) is 1.50. The van der Waals surface area contributed by atoms with Crippen molar-refractivity contribution in [3.8, 4) is 0 Å². The smallest absolute Gasteiger partial charge is 0.267 e. The zero-order chi connectivity index (χ0) is 15.6. The van der Waals surface area contributed by atoms with Crippen molar-refractivity contribution in [2.45, 2.75) is 4.90 Å². The summed E-state index contributed by atoms with van der Waals surface area (Å²) in [5.74, 6) is -0.184. The zero-order valence-corrected chi connectivity index (χ0v) is 13.7. The minimum absolute atomic E-state index is 0.0335. The van der Waals surface area contributed by atoms with Crippen molar-refractivity contribution in [1.29, 1.82) is 0 Å². The SMILES string of the molecule is CNc1ncc(Br)cc1S(=O)(=O)N(C)c1ccc(F)cc1. The van der Waals surface area contributed by atoms with E-state index in [1.165, 1.54) is 43.6 Å². The first kappa shape index (κ1) is 15.7. The molecule has 0 saturated carbocycles. The quantitative estimate of drug-likeness (QED) is 0.894. The lowest BCUT2D eigenvalue weighted by molar-refractivity contribution is 0.594. The predicted octanol–water partition coefficient (Wildman–Crippen LogP) is 2.85. The molecule has 2 rings (SSSR count). The minimum atomic E-state index is -3.81. The van der Waals surface area contributed by atoms with Gasteiger partial charge in [-0.05, 0) is 46.3 Å². The van der Waals surface area contributed by atoms with Crippen molar-refractivity contribution < 1.29 is 12.8 Å². The van der Waals surface area contributed by atoms with Crippen LogP contribution in [-0.4, -0.2) is 27.5 Å². The van der Waals surface area contributed by atoms with E-state index in [1.54, 1.807) is 7.05 Å². The number of pyridine rings is 1. The van der Waals surface area contributed by atoms with Crippen LogP contribution < -0.4 is 9.62 Å². The number of halogens is 2. The molecule has 1 aromatic heterocycles. The fourth-order valence-electron chi connectivity index (χ4n) is 1.74. The molecule has 0 bridgehead atoms. The summed E-state index contributed by atoms with van der Waals surface area (Å²) in [4.78, 5) is 4.06. The molecule has 21 heavy (non-hydrogen) atoms. The van der Waals surface area contributed by atoms with Gasteiger partial charge < -0.3 is 5.32 Å². The van der Waals surface area contributed by atoms with Gasteiger partial charge in [0.05, 0.1) is 5.69 Å². The van der Waals surface area contributed by atoms with E-state index in [0.717, 1.165) is 4.31 Å². The zero-order valence-electron chi connectivity index (χ0n) is 11.3. The molecule has 1 aromatic carbocycles. The van der Waals surface area contributed by atoms with Crippen LogP contribution >= 0.6 is 15.9 Å². The minimum Gasteiger partial charge on any atom is -0.372 e. The topological polar surface area (TPSA) is 62.3 Å². The number of hydrogen-bond acceptors (Lipinski definition) is 4. The van der Waals surface area contributed by atoms with Crippen LogP contribution in [0.4, 0.5) is 15.9 Å². The van der Waals surface area contributed by atoms with Gasteiger partial charge in [-0.2, -0.15) is 0 Å². The number of aromatic nitrogens is 1. The van der Waals surface area contributed by atoms with Gasteiger partial charge >= 0.3 is 0 Å². The van der Waals surface area contributed by atoms with Gasteiger partial charge in [0.2, 0.25) is 0 Å². The fraction of sp³-hybridized carbons (Fsp3) is 0.154. The molecule has 5 nitrogen and oxygen atoms in total. The first-order valence-electron chi connectivity index (χ1n) is 5.94. The van der Waals surface area contributed by atoms with E-state index in [0.29, 0.717) is 10.2 Å². The first-order chi connectivity index (χ1) is 9.86. The Morgan fingerprint density at radius 1 is 1.29 bits per heavy atom. The third kappa shape index (κ3) is 3.16. The number of sulfonamides is 1. The summed E-state index contributed by atoms with van der Waals surface area (Å²) in [5.41, 5.74) is 0.360. The molecule has 112 valence electrons. The monoisotopic (exact) mass is 373 g/mol. The van der Waals surface area contributed by atoms with Crippen LogP contribution in [0.3, 0.4) is 0 Å². The fourth-order valence-corrected chi connectivity index (χ4v) is 3.59. The van der Waals surface area contributed by atoms with E-state index in [-0.39, 0.29) is 10.7 Å². The number of nitrogens with one attached hydrogen (secondary N) is 1. The Balaban J connectivity index is 2.51. The van der Waals surface area contributed by atoms with Crippen LogP contribution in [-0.2, 0) is 10.0 Å². The van der Waals surface area contributed by atoms with Gasteiger partial charge in [0, 0.05) is 24.8 Å². The van der Waals surface area contributed by atoms with Gasteiger partial charge in [-0.15, -0.1) is 0 Å². The molecule has 0 amide bonds. The second-order valence-electron chi connectivity index (χ2n) is 4.20. The molecule has 0 aliphatic rings. The Morgan fingerprint density at radius 2 is 1.90 bits per heavy atom. The van der Waals surface area contributed by atoms with E-state index in [1.807, 2.05) is 0 Å². The highest BCUT2D eigenvalue weighted by Gasteiger charge is 2.25. The lowest BCUT2D eigenvalue weighted by Gasteiger charge is -2.20. The number of hydrogen-bond donors (Lipinski definition) is 1.